The van der Waals surface area contributed by atoms with Gasteiger partial charge in [0.05, 0.1) is 19.8 Å². The van der Waals surface area contributed by atoms with Gasteiger partial charge in [0.1, 0.15) is 13.1 Å². The van der Waals surface area contributed by atoms with Gasteiger partial charge in [-0.3, -0.25) is 9.59 Å². The van der Waals surface area contributed by atoms with Crippen LogP contribution < -0.4 is 25.0 Å². The summed E-state index contributed by atoms with van der Waals surface area (Å²) in [4.78, 5) is 25.3. The van der Waals surface area contributed by atoms with Crippen LogP contribution in [0.1, 0.15) is 24.8 Å². The zero-order chi connectivity index (χ0) is 18.9. The van der Waals surface area contributed by atoms with Crippen molar-refractivity contribution in [1.82, 2.24) is 10.6 Å². The minimum Gasteiger partial charge on any atom is -0.454 e. The van der Waals surface area contributed by atoms with E-state index in [0.717, 1.165) is 50.6 Å². The Balaban J connectivity index is 1.24. The fraction of sp³-hybridized carbons (Fsp3) is 0.579. The average Bonchev–Trinajstić information content (AvgIpc) is 3.17. The second kappa shape index (κ2) is 10.1. The van der Waals surface area contributed by atoms with E-state index in [-0.39, 0.29) is 31.4 Å². The Morgan fingerprint density at radius 1 is 1.00 bits per heavy atom. The molecule has 148 valence electrons. The van der Waals surface area contributed by atoms with Crippen molar-refractivity contribution in [2.45, 2.75) is 25.8 Å². The van der Waals surface area contributed by atoms with Crippen LogP contribution >= 0.6 is 0 Å². The molecule has 2 amide bonds. The summed E-state index contributed by atoms with van der Waals surface area (Å²) in [7, 11) is 0. The lowest BCUT2D eigenvalue weighted by Crippen LogP contribution is -3.14. The highest BCUT2D eigenvalue weighted by Gasteiger charge is 2.14. The Kier molecular flexibility index (Phi) is 7.29. The predicted molar refractivity (Wildman–Crippen MR) is 97.7 cm³/mol. The first-order chi connectivity index (χ1) is 13.2. The molecule has 1 saturated heterocycles. The van der Waals surface area contributed by atoms with Gasteiger partial charge < -0.3 is 29.7 Å². The first-order valence-electron chi connectivity index (χ1n) is 9.54. The molecule has 0 spiro atoms. The first kappa shape index (κ1) is 19.4. The van der Waals surface area contributed by atoms with Crippen LogP contribution in [-0.4, -0.2) is 58.0 Å². The second-order valence-corrected chi connectivity index (χ2v) is 6.78. The number of ether oxygens (including phenoxy) is 3. The van der Waals surface area contributed by atoms with Gasteiger partial charge in [-0.15, -0.1) is 0 Å². The zero-order valence-electron chi connectivity index (χ0n) is 15.6. The van der Waals surface area contributed by atoms with Crippen molar-refractivity contribution >= 4 is 11.8 Å². The molecule has 1 aromatic rings. The average molecular weight is 378 g/mol. The summed E-state index contributed by atoms with van der Waals surface area (Å²) in [6, 6.07) is 5.57. The molecule has 0 bridgehead atoms. The number of fused-ring (bicyclic) bond motifs is 1. The van der Waals surface area contributed by atoms with Gasteiger partial charge in [-0.1, -0.05) is 6.07 Å². The van der Waals surface area contributed by atoms with E-state index >= 15 is 0 Å². The molecule has 0 saturated carbocycles. The van der Waals surface area contributed by atoms with E-state index in [0.29, 0.717) is 18.8 Å². The van der Waals surface area contributed by atoms with Gasteiger partial charge in [0.2, 0.25) is 18.6 Å². The van der Waals surface area contributed by atoms with Crippen LogP contribution in [0.5, 0.6) is 11.5 Å². The quantitative estimate of drug-likeness (QED) is 0.491. The molecule has 0 atom stereocenters. The first-order valence-corrected chi connectivity index (χ1v) is 9.54. The van der Waals surface area contributed by atoms with Crippen LogP contribution in [0.4, 0.5) is 0 Å². The van der Waals surface area contributed by atoms with E-state index in [9.17, 15) is 9.59 Å². The summed E-state index contributed by atoms with van der Waals surface area (Å²) >= 11 is 0. The molecule has 2 aliphatic heterocycles. The maximum atomic E-state index is 11.9. The monoisotopic (exact) mass is 378 g/mol. The predicted octanol–water partition coefficient (Wildman–Crippen LogP) is -0.767. The van der Waals surface area contributed by atoms with E-state index in [1.165, 1.54) is 4.90 Å². The molecule has 2 aliphatic rings. The molecule has 1 fully saturated rings. The lowest BCUT2D eigenvalue weighted by Gasteiger charge is -2.23. The smallest absolute Gasteiger partial charge is 0.231 e. The van der Waals surface area contributed by atoms with E-state index < -0.39 is 0 Å². The van der Waals surface area contributed by atoms with Gasteiger partial charge in [0, 0.05) is 32.4 Å². The Labute approximate surface area is 159 Å². The largest absolute Gasteiger partial charge is 0.454 e. The van der Waals surface area contributed by atoms with Crippen molar-refractivity contribution in [1.29, 1.82) is 0 Å². The van der Waals surface area contributed by atoms with Gasteiger partial charge in [0.15, 0.2) is 11.5 Å². The highest BCUT2D eigenvalue weighted by Crippen LogP contribution is 2.32. The molecule has 8 heteroatoms. The molecule has 0 radical (unpaired) electrons. The molecule has 2 heterocycles. The molecule has 1 aromatic carbocycles. The molecule has 3 rings (SSSR count). The summed E-state index contributed by atoms with van der Waals surface area (Å²) < 4.78 is 15.9. The standard InChI is InChI=1S/C19H27N3O5/c23-18(20-6-1-7-22-8-10-25-11-9-22)4-5-19(24)21-13-15-2-3-16-17(12-15)27-14-26-16/h2-3,12H,1,4-11,13-14H2,(H,20,23)(H,21,24)/p+1. The van der Waals surface area contributed by atoms with Gasteiger partial charge in [-0.05, 0) is 17.7 Å². The highest BCUT2D eigenvalue weighted by molar-refractivity contribution is 5.83. The second-order valence-electron chi connectivity index (χ2n) is 6.78. The van der Waals surface area contributed by atoms with Crippen LogP contribution in [0.25, 0.3) is 0 Å². The SMILES string of the molecule is O=C(CCC(=O)NCc1ccc2c(c1)OCO2)NCCC[NH+]1CCOCC1. The molecule has 8 nitrogen and oxygen atoms in total. The number of carbonyl (C=O) groups excluding carboxylic acids is 2. The number of hydrogen-bond acceptors (Lipinski definition) is 5. The minimum atomic E-state index is -0.138. The Morgan fingerprint density at radius 3 is 2.56 bits per heavy atom. The number of carbonyl (C=O) groups is 2. The Morgan fingerprint density at radius 2 is 1.74 bits per heavy atom. The molecule has 0 unspecified atom stereocenters. The van der Waals surface area contributed by atoms with Gasteiger partial charge in [-0.25, -0.2) is 0 Å². The number of rotatable bonds is 9. The third kappa shape index (κ3) is 6.41. The molecule has 0 aromatic heterocycles. The summed E-state index contributed by atoms with van der Waals surface area (Å²) in [6.07, 6.45) is 1.33. The summed E-state index contributed by atoms with van der Waals surface area (Å²) in [5.74, 6) is 1.20. The molecular formula is C19H28N3O5+. The summed E-state index contributed by atoms with van der Waals surface area (Å²) in [5, 5.41) is 5.71. The molecule has 0 aliphatic carbocycles. The van der Waals surface area contributed by atoms with E-state index in [4.69, 9.17) is 14.2 Å². The molecule has 3 N–H and O–H groups in total. The number of amides is 2. The van der Waals surface area contributed by atoms with E-state index in [2.05, 4.69) is 10.6 Å². The summed E-state index contributed by atoms with van der Waals surface area (Å²) in [5.41, 5.74) is 0.933. The highest BCUT2D eigenvalue weighted by atomic mass is 16.7. The maximum Gasteiger partial charge on any atom is 0.231 e. The van der Waals surface area contributed by atoms with Gasteiger partial charge in [-0.2, -0.15) is 0 Å². The fourth-order valence-electron chi connectivity index (χ4n) is 3.13. The van der Waals surface area contributed by atoms with Crippen molar-refractivity contribution in [3.63, 3.8) is 0 Å². The van der Waals surface area contributed by atoms with Crippen molar-refractivity contribution < 1.29 is 28.7 Å². The number of quaternary nitrogens is 1. The van der Waals surface area contributed by atoms with Crippen LogP contribution in [0.3, 0.4) is 0 Å². The Bertz CT molecular complexity index is 646. The number of hydrogen-bond donors (Lipinski definition) is 3. The van der Waals surface area contributed by atoms with Crippen molar-refractivity contribution in [2.24, 2.45) is 0 Å². The number of morpholine rings is 1. The van der Waals surface area contributed by atoms with Crippen LogP contribution in [0, 0.1) is 0 Å². The van der Waals surface area contributed by atoms with E-state index in [1.54, 1.807) is 0 Å². The minimum absolute atomic E-state index is 0.0785. The lowest BCUT2D eigenvalue weighted by molar-refractivity contribution is -0.908. The number of nitrogens with one attached hydrogen (secondary N) is 3. The topological polar surface area (TPSA) is 90.3 Å². The lowest BCUT2D eigenvalue weighted by atomic mass is 10.2. The molecule has 27 heavy (non-hydrogen) atoms. The van der Waals surface area contributed by atoms with Crippen LogP contribution in [0.2, 0.25) is 0 Å². The summed E-state index contributed by atoms with van der Waals surface area (Å²) in [6.45, 7) is 6.05. The third-order valence-electron chi connectivity index (χ3n) is 4.73. The van der Waals surface area contributed by atoms with Crippen molar-refractivity contribution in [2.75, 3.05) is 46.2 Å². The maximum absolute atomic E-state index is 11.9. The zero-order valence-corrected chi connectivity index (χ0v) is 15.6. The third-order valence-corrected chi connectivity index (χ3v) is 4.73. The fourth-order valence-corrected chi connectivity index (χ4v) is 3.13. The van der Waals surface area contributed by atoms with Crippen molar-refractivity contribution in [3.05, 3.63) is 23.8 Å². The van der Waals surface area contributed by atoms with Crippen LogP contribution in [-0.2, 0) is 20.9 Å². The number of benzene rings is 1. The normalized spacial score (nSPS) is 16.1. The van der Waals surface area contributed by atoms with E-state index in [1.807, 2.05) is 18.2 Å². The van der Waals surface area contributed by atoms with Crippen molar-refractivity contribution in [3.8, 4) is 11.5 Å². The Hall–Kier alpha value is -2.32. The van der Waals surface area contributed by atoms with Gasteiger partial charge in [0.25, 0.3) is 0 Å². The molecular weight excluding hydrogens is 350 g/mol. The van der Waals surface area contributed by atoms with Gasteiger partial charge >= 0.3 is 0 Å². The van der Waals surface area contributed by atoms with Crippen LogP contribution in [0.15, 0.2) is 18.2 Å².